The van der Waals surface area contributed by atoms with Crippen molar-refractivity contribution >= 4 is 5.78 Å². The minimum atomic E-state index is -0.244. The van der Waals surface area contributed by atoms with Gasteiger partial charge in [-0.3, -0.25) is 4.79 Å². The fourth-order valence-electron chi connectivity index (χ4n) is 3.45. The Morgan fingerprint density at radius 1 is 1.10 bits per heavy atom. The van der Waals surface area contributed by atoms with Crippen molar-refractivity contribution in [1.29, 1.82) is 0 Å². The smallest absolute Gasteiger partial charge is 0.203 e. The van der Waals surface area contributed by atoms with Crippen molar-refractivity contribution in [3.8, 4) is 17.2 Å². The molecule has 108 valence electrons. The van der Waals surface area contributed by atoms with E-state index in [4.69, 9.17) is 14.2 Å². The highest BCUT2D eigenvalue weighted by Crippen LogP contribution is 2.53. The third-order valence-electron chi connectivity index (χ3n) is 4.68. The molecule has 20 heavy (non-hydrogen) atoms. The second-order valence-corrected chi connectivity index (χ2v) is 5.59. The summed E-state index contributed by atoms with van der Waals surface area (Å²) in [6.07, 6.45) is 4.61. The number of para-hydroxylation sites is 1. The van der Waals surface area contributed by atoms with Crippen LogP contribution in [0.15, 0.2) is 18.2 Å². The lowest BCUT2D eigenvalue weighted by Crippen LogP contribution is -2.55. The quantitative estimate of drug-likeness (QED) is 0.848. The van der Waals surface area contributed by atoms with Crippen LogP contribution in [0.4, 0.5) is 0 Å². The van der Waals surface area contributed by atoms with Crippen LogP contribution in [0.3, 0.4) is 0 Å². The molecule has 1 unspecified atom stereocenters. The minimum Gasteiger partial charge on any atom is -0.493 e. The molecule has 2 saturated carbocycles. The lowest BCUT2D eigenvalue weighted by Gasteiger charge is -2.44. The number of Topliss-reactive ketones (excluding diaryl/α,β-unsaturated/α-hetero) is 1. The van der Waals surface area contributed by atoms with Crippen LogP contribution in [0, 0.1) is 5.41 Å². The molecule has 0 saturated heterocycles. The van der Waals surface area contributed by atoms with E-state index in [-0.39, 0.29) is 11.5 Å². The van der Waals surface area contributed by atoms with E-state index in [9.17, 15) is 4.79 Å². The van der Waals surface area contributed by atoms with Crippen LogP contribution < -0.4 is 14.2 Å². The highest BCUT2D eigenvalue weighted by molar-refractivity contribution is 5.92. The number of hydrogen-bond donors (Lipinski definition) is 0. The first kappa shape index (κ1) is 13.3. The number of ether oxygens (including phenoxy) is 3. The van der Waals surface area contributed by atoms with Gasteiger partial charge in [0.2, 0.25) is 5.75 Å². The highest BCUT2D eigenvalue weighted by Gasteiger charge is 2.57. The Bertz CT molecular complexity index is 495. The van der Waals surface area contributed by atoms with E-state index in [2.05, 4.69) is 0 Å². The van der Waals surface area contributed by atoms with Crippen LogP contribution in [0.2, 0.25) is 0 Å². The Morgan fingerprint density at radius 2 is 1.70 bits per heavy atom. The van der Waals surface area contributed by atoms with Crippen LogP contribution in [0.1, 0.15) is 32.1 Å². The SMILES string of the molecule is COc1cccc(OC)c1OC1CC(=O)C12CCCC2. The van der Waals surface area contributed by atoms with E-state index in [0.29, 0.717) is 29.5 Å². The average molecular weight is 276 g/mol. The third kappa shape index (κ3) is 1.86. The van der Waals surface area contributed by atoms with Crippen LogP contribution in [-0.2, 0) is 4.79 Å². The Morgan fingerprint density at radius 3 is 2.20 bits per heavy atom. The minimum absolute atomic E-state index is 0.0392. The number of carbonyl (C=O) groups excluding carboxylic acids is 1. The lowest BCUT2D eigenvalue weighted by molar-refractivity contribution is -0.151. The molecule has 0 N–H and O–H groups in total. The van der Waals surface area contributed by atoms with Gasteiger partial charge in [0.15, 0.2) is 11.5 Å². The molecule has 0 heterocycles. The molecule has 0 aliphatic heterocycles. The van der Waals surface area contributed by atoms with E-state index in [1.54, 1.807) is 14.2 Å². The maximum absolute atomic E-state index is 12.0. The number of carbonyl (C=O) groups is 1. The molecule has 0 aromatic heterocycles. The number of methoxy groups -OCH3 is 2. The van der Waals surface area contributed by atoms with E-state index < -0.39 is 0 Å². The third-order valence-corrected chi connectivity index (χ3v) is 4.68. The molecule has 4 heteroatoms. The first-order valence-corrected chi connectivity index (χ1v) is 7.12. The van der Waals surface area contributed by atoms with Gasteiger partial charge in [0.25, 0.3) is 0 Å². The zero-order valence-corrected chi connectivity index (χ0v) is 12.0. The molecule has 2 aliphatic carbocycles. The van der Waals surface area contributed by atoms with Crippen LogP contribution in [0.5, 0.6) is 17.2 Å². The molecule has 2 fully saturated rings. The van der Waals surface area contributed by atoms with Gasteiger partial charge in [0.05, 0.1) is 19.6 Å². The van der Waals surface area contributed by atoms with Gasteiger partial charge in [-0.25, -0.2) is 0 Å². The molecule has 4 nitrogen and oxygen atoms in total. The molecule has 0 bridgehead atoms. The second-order valence-electron chi connectivity index (χ2n) is 5.59. The largest absolute Gasteiger partial charge is 0.493 e. The Balaban J connectivity index is 1.86. The fraction of sp³-hybridized carbons (Fsp3) is 0.562. The van der Waals surface area contributed by atoms with Gasteiger partial charge >= 0.3 is 0 Å². The Kier molecular flexibility index (Phi) is 3.32. The molecule has 3 rings (SSSR count). The molecule has 1 atom stereocenters. The fourth-order valence-corrected chi connectivity index (χ4v) is 3.45. The van der Waals surface area contributed by atoms with Crippen molar-refractivity contribution < 1.29 is 19.0 Å². The predicted molar refractivity (Wildman–Crippen MR) is 74.5 cm³/mol. The monoisotopic (exact) mass is 276 g/mol. The van der Waals surface area contributed by atoms with Crippen LogP contribution in [0.25, 0.3) is 0 Å². The first-order chi connectivity index (χ1) is 9.71. The van der Waals surface area contributed by atoms with Gasteiger partial charge in [0, 0.05) is 6.42 Å². The molecule has 0 radical (unpaired) electrons. The van der Waals surface area contributed by atoms with Gasteiger partial charge in [-0.1, -0.05) is 18.9 Å². The summed E-state index contributed by atoms with van der Waals surface area (Å²) in [6.45, 7) is 0. The molecular formula is C16H20O4. The average Bonchev–Trinajstić information content (AvgIpc) is 2.99. The molecular weight excluding hydrogens is 256 g/mol. The van der Waals surface area contributed by atoms with E-state index in [1.165, 1.54) is 0 Å². The molecule has 1 spiro atoms. The number of hydrogen-bond acceptors (Lipinski definition) is 4. The summed E-state index contributed by atoms with van der Waals surface area (Å²) < 4.78 is 16.8. The van der Waals surface area contributed by atoms with Crippen molar-refractivity contribution in [3.05, 3.63) is 18.2 Å². The first-order valence-electron chi connectivity index (χ1n) is 7.12. The van der Waals surface area contributed by atoms with Gasteiger partial charge in [0.1, 0.15) is 11.9 Å². The van der Waals surface area contributed by atoms with E-state index in [1.807, 2.05) is 18.2 Å². The zero-order valence-electron chi connectivity index (χ0n) is 12.0. The summed E-state index contributed by atoms with van der Waals surface area (Å²) in [6, 6.07) is 5.56. The number of benzene rings is 1. The summed E-state index contributed by atoms with van der Waals surface area (Å²) >= 11 is 0. The second kappa shape index (κ2) is 5.00. The van der Waals surface area contributed by atoms with Crippen molar-refractivity contribution in [2.45, 2.75) is 38.2 Å². The van der Waals surface area contributed by atoms with Crippen molar-refractivity contribution in [2.75, 3.05) is 14.2 Å². The zero-order chi connectivity index (χ0) is 14.2. The summed E-state index contributed by atoms with van der Waals surface area (Å²) in [5, 5.41) is 0. The normalized spacial score (nSPS) is 23.5. The van der Waals surface area contributed by atoms with Crippen molar-refractivity contribution in [2.24, 2.45) is 5.41 Å². The standard InChI is InChI=1S/C16H20O4/c1-18-11-6-5-7-12(19-2)15(11)20-14-10-13(17)16(14)8-3-4-9-16/h5-7,14H,3-4,8-10H2,1-2H3. The predicted octanol–water partition coefficient (Wildman–Crippen LogP) is 2.98. The maximum atomic E-state index is 12.0. The molecule has 0 amide bonds. The number of rotatable bonds is 4. The van der Waals surface area contributed by atoms with E-state index in [0.717, 1.165) is 25.7 Å². The van der Waals surface area contributed by atoms with Crippen LogP contribution >= 0.6 is 0 Å². The molecule has 1 aromatic carbocycles. The van der Waals surface area contributed by atoms with Gasteiger partial charge in [-0.05, 0) is 25.0 Å². The van der Waals surface area contributed by atoms with Gasteiger partial charge in [-0.15, -0.1) is 0 Å². The number of ketones is 1. The van der Waals surface area contributed by atoms with Crippen molar-refractivity contribution in [1.82, 2.24) is 0 Å². The summed E-state index contributed by atoms with van der Waals surface area (Å²) in [7, 11) is 3.22. The summed E-state index contributed by atoms with van der Waals surface area (Å²) in [5.74, 6) is 2.27. The topological polar surface area (TPSA) is 44.8 Å². The van der Waals surface area contributed by atoms with Gasteiger partial charge in [-0.2, -0.15) is 0 Å². The summed E-state index contributed by atoms with van der Waals surface area (Å²) in [4.78, 5) is 12.0. The maximum Gasteiger partial charge on any atom is 0.203 e. The Labute approximate surface area is 119 Å². The lowest BCUT2D eigenvalue weighted by atomic mass is 9.63. The Hall–Kier alpha value is -1.71. The van der Waals surface area contributed by atoms with Crippen LogP contribution in [-0.4, -0.2) is 26.1 Å². The highest BCUT2D eigenvalue weighted by atomic mass is 16.5. The molecule has 1 aromatic rings. The van der Waals surface area contributed by atoms with Crippen molar-refractivity contribution in [3.63, 3.8) is 0 Å². The van der Waals surface area contributed by atoms with Gasteiger partial charge < -0.3 is 14.2 Å². The molecule has 2 aliphatic rings. The summed E-state index contributed by atoms with van der Waals surface area (Å²) in [5.41, 5.74) is -0.244. The van der Waals surface area contributed by atoms with E-state index >= 15 is 0 Å².